The van der Waals surface area contributed by atoms with Gasteiger partial charge in [0.1, 0.15) is 0 Å². The fraction of sp³-hybridized carbons (Fsp3) is 0.462. The lowest BCUT2D eigenvalue weighted by molar-refractivity contribution is -0.117. The molecule has 0 heterocycles. The van der Waals surface area contributed by atoms with Gasteiger partial charge in [-0.2, -0.15) is 0 Å². The molecule has 0 spiro atoms. The average molecular weight is 305 g/mol. The minimum atomic E-state index is -0.149. The van der Waals surface area contributed by atoms with Crippen LogP contribution in [0.25, 0.3) is 0 Å². The molecule has 0 aliphatic heterocycles. The maximum Gasteiger partial charge on any atom is 0.238 e. The molecule has 0 bridgehead atoms. The zero-order valence-corrected chi connectivity index (χ0v) is 12.3. The zero-order chi connectivity index (χ0) is 14.3. The smallest absolute Gasteiger partial charge is 0.238 e. The van der Waals surface area contributed by atoms with E-state index in [1.54, 1.807) is 18.2 Å². The first-order valence-electron chi connectivity index (χ1n) is 6.15. The van der Waals surface area contributed by atoms with Gasteiger partial charge < -0.3 is 10.4 Å². The first-order chi connectivity index (χ1) is 9.08. The summed E-state index contributed by atoms with van der Waals surface area (Å²) < 4.78 is 0. The molecule has 6 heteroatoms. The van der Waals surface area contributed by atoms with E-state index >= 15 is 0 Å². The van der Waals surface area contributed by atoms with Crippen LogP contribution in [0, 0.1) is 0 Å². The fourth-order valence-corrected chi connectivity index (χ4v) is 1.98. The summed E-state index contributed by atoms with van der Waals surface area (Å²) in [5, 5.41) is 12.3. The second-order valence-corrected chi connectivity index (χ2v) is 4.88. The van der Waals surface area contributed by atoms with Crippen LogP contribution in [-0.2, 0) is 4.79 Å². The van der Waals surface area contributed by atoms with Gasteiger partial charge in [0.05, 0.1) is 22.3 Å². The molecular weight excluding hydrogens is 287 g/mol. The second-order valence-electron chi connectivity index (χ2n) is 4.10. The Morgan fingerprint density at radius 2 is 2.16 bits per heavy atom. The Labute approximate surface area is 123 Å². The topological polar surface area (TPSA) is 52.6 Å². The van der Waals surface area contributed by atoms with Gasteiger partial charge in [0.2, 0.25) is 5.91 Å². The van der Waals surface area contributed by atoms with Crippen LogP contribution in [0.1, 0.15) is 13.3 Å². The lowest BCUT2D eigenvalue weighted by Gasteiger charge is -2.19. The van der Waals surface area contributed by atoms with Crippen LogP contribution in [0.15, 0.2) is 18.2 Å². The molecule has 1 rings (SSSR count). The third-order valence-electron chi connectivity index (χ3n) is 2.67. The SMILES string of the molecule is CCN(CCCO)CC(=O)Nc1cccc(Cl)c1Cl. The van der Waals surface area contributed by atoms with Crippen molar-refractivity contribution in [2.24, 2.45) is 0 Å². The fourth-order valence-electron chi connectivity index (χ4n) is 1.64. The number of nitrogens with zero attached hydrogens (tertiary/aromatic N) is 1. The number of hydrogen-bond donors (Lipinski definition) is 2. The quantitative estimate of drug-likeness (QED) is 0.814. The van der Waals surface area contributed by atoms with Gasteiger partial charge in [-0.05, 0) is 25.1 Å². The van der Waals surface area contributed by atoms with Crippen LogP contribution in [-0.4, -0.2) is 42.2 Å². The number of carbonyl (C=O) groups excluding carboxylic acids is 1. The molecule has 0 aromatic heterocycles. The number of rotatable bonds is 7. The molecule has 106 valence electrons. The molecule has 1 aromatic rings. The summed E-state index contributed by atoms with van der Waals surface area (Å²) in [7, 11) is 0. The number of carbonyl (C=O) groups is 1. The van der Waals surface area contributed by atoms with E-state index in [0.717, 1.165) is 6.54 Å². The Kier molecular flexibility index (Phi) is 7.16. The summed E-state index contributed by atoms with van der Waals surface area (Å²) in [6.07, 6.45) is 0.652. The molecule has 0 atom stereocenters. The highest BCUT2D eigenvalue weighted by molar-refractivity contribution is 6.43. The van der Waals surface area contributed by atoms with Crippen molar-refractivity contribution in [3.8, 4) is 0 Å². The Hall–Kier alpha value is -0.810. The lowest BCUT2D eigenvalue weighted by Crippen LogP contribution is -2.34. The Balaban J connectivity index is 2.56. The van der Waals surface area contributed by atoms with Gasteiger partial charge >= 0.3 is 0 Å². The minimum Gasteiger partial charge on any atom is -0.396 e. The molecule has 0 aliphatic carbocycles. The number of aliphatic hydroxyl groups excluding tert-OH is 1. The van der Waals surface area contributed by atoms with Gasteiger partial charge in [-0.3, -0.25) is 9.69 Å². The van der Waals surface area contributed by atoms with Crippen LogP contribution in [0.3, 0.4) is 0 Å². The number of benzene rings is 1. The highest BCUT2D eigenvalue weighted by Crippen LogP contribution is 2.29. The van der Waals surface area contributed by atoms with E-state index in [4.69, 9.17) is 28.3 Å². The van der Waals surface area contributed by atoms with E-state index in [1.165, 1.54) is 0 Å². The first kappa shape index (κ1) is 16.2. The third-order valence-corrected chi connectivity index (χ3v) is 3.49. The van der Waals surface area contributed by atoms with Gasteiger partial charge in [-0.15, -0.1) is 0 Å². The average Bonchev–Trinajstić information content (AvgIpc) is 2.40. The Morgan fingerprint density at radius 3 is 2.79 bits per heavy atom. The van der Waals surface area contributed by atoms with E-state index in [-0.39, 0.29) is 19.1 Å². The largest absolute Gasteiger partial charge is 0.396 e. The number of likely N-dealkylation sites (N-methyl/N-ethyl adjacent to an activating group) is 1. The van der Waals surface area contributed by atoms with Crippen molar-refractivity contribution >= 4 is 34.8 Å². The van der Waals surface area contributed by atoms with Crippen LogP contribution >= 0.6 is 23.2 Å². The van der Waals surface area contributed by atoms with Crippen LogP contribution in [0.4, 0.5) is 5.69 Å². The van der Waals surface area contributed by atoms with E-state index < -0.39 is 0 Å². The summed E-state index contributed by atoms with van der Waals surface area (Å²) in [5.74, 6) is -0.149. The molecule has 0 aliphatic rings. The molecule has 1 aromatic carbocycles. The molecule has 0 saturated carbocycles. The predicted molar refractivity (Wildman–Crippen MR) is 78.9 cm³/mol. The van der Waals surface area contributed by atoms with Gasteiger partial charge in [0.15, 0.2) is 0 Å². The zero-order valence-electron chi connectivity index (χ0n) is 10.8. The lowest BCUT2D eigenvalue weighted by atomic mass is 10.3. The summed E-state index contributed by atoms with van der Waals surface area (Å²) in [6.45, 7) is 3.79. The molecule has 4 nitrogen and oxygen atoms in total. The summed E-state index contributed by atoms with van der Waals surface area (Å²) in [6, 6.07) is 5.10. The van der Waals surface area contributed by atoms with Crippen molar-refractivity contribution in [2.45, 2.75) is 13.3 Å². The molecule has 0 radical (unpaired) electrons. The van der Waals surface area contributed by atoms with Crippen molar-refractivity contribution in [1.29, 1.82) is 0 Å². The monoisotopic (exact) mass is 304 g/mol. The Bertz CT molecular complexity index is 427. The van der Waals surface area contributed by atoms with Gasteiger partial charge in [-0.25, -0.2) is 0 Å². The summed E-state index contributed by atoms with van der Waals surface area (Å²) in [4.78, 5) is 13.8. The highest BCUT2D eigenvalue weighted by Gasteiger charge is 2.11. The van der Waals surface area contributed by atoms with Gasteiger partial charge in [-0.1, -0.05) is 36.2 Å². The van der Waals surface area contributed by atoms with Crippen molar-refractivity contribution in [3.63, 3.8) is 0 Å². The maximum atomic E-state index is 11.9. The number of aliphatic hydroxyl groups is 1. The summed E-state index contributed by atoms with van der Waals surface area (Å²) in [5.41, 5.74) is 0.511. The van der Waals surface area contributed by atoms with Crippen LogP contribution in [0.5, 0.6) is 0 Å². The van der Waals surface area contributed by atoms with Crippen molar-refractivity contribution < 1.29 is 9.90 Å². The molecule has 19 heavy (non-hydrogen) atoms. The Morgan fingerprint density at radius 1 is 1.42 bits per heavy atom. The van der Waals surface area contributed by atoms with E-state index in [9.17, 15) is 4.79 Å². The number of nitrogens with one attached hydrogen (secondary N) is 1. The predicted octanol–water partition coefficient (Wildman–Crippen LogP) is 2.64. The van der Waals surface area contributed by atoms with Crippen molar-refractivity contribution in [2.75, 3.05) is 31.6 Å². The first-order valence-corrected chi connectivity index (χ1v) is 6.91. The van der Waals surface area contributed by atoms with E-state index in [0.29, 0.717) is 28.7 Å². The second kappa shape index (κ2) is 8.38. The molecule has 0 unspecified atom stereocenters. The number of anilines is 1. The number of halogens is 2. The number of hydrogen-bond acceptors (Lipinski definition) is 3. The standard InChI is InChI=1S/C13H18Cl2N2O2/c1-2-17(7-4-8-18)9-12(19)16-11-6-3-5-10(14)13(11)15/h3,5-6,18H,2,4,7-9H2,1H3,(H,16,19). The molecule has 2 N–H and O–H groups in total. The molecular formula is C13H18Cl2N2O2. The van der Waals surface area contributed by atoms with Gasteiger partial charge in [0.25, 0.3) is 0 Å². The van der Waals surface area contributed by atoms with Crippen LogP contribution in [0.2, 0.25) is 10.0 Å². The van der Waals surface area contributed by atoms with E-state index in [2.05, 4.69) is 5.32 Å². The molecule has 0 saturated heterocycles. The third kappa shape index (κ3) is 5.37. The number of amides is 1. The molecule has 0 fully saturated rings. The normalized spacial score (nSPS) is 10.8. The minimum absolute atomic E-state index is 0.123. The maximum absolute atomic E-state index is 11.9. The molecule has 1 amide bonds. The van der Waals surface area contributed by atoms with Gasteiger partial charge in [0, 0.05) is 13.2 Å². The van der Waals surface area contributed by atoms with E-state index in [1.807, 2.05) is 11.8 Å². The van der Waals surface area contributed by atoms with Crippen LogP contribution < -0.4 is 5.32 Å². The van der Waals surface area contributed by atoms with Crippen molar-refractivity contribution in [3.05, 3.63) is 28.2 Å². The summed E-state index contributed by atoms with van der Waals surface area (Å²) >= 11 is 11.9. The van der Waals surface area contributed by atoms with Crippen molar-refractivity contribution in [1.82, 2.24) is 4.90 Å². The highest BCUT2D eigenvalue weighted by atomic mass is 35.5.